The fourth-order valence-electron chi connectivity index (χ4n) is 3.44. The number of methoxy groups -OCH3 is 1. The highest BCUT2D eigenvalue weighted by molar-refractivity contribution is 5.91. The van der Waals surface area contributed by atoms with Gasteiger partial charge in [0.05, 0.1) is 11.8 Å². The summed E-state index contributed by atoms with van der Waals surface area (Å²) in [6.07, 6.45) is 3.60. The number of ether oxygens (including phenoxy) is 1. The van der Waals surface area contributed by atoms with Crippen molar-refractivity contribution in [2.75, 3.05) is 30.4 Å². The Morgan fingerprint density at radius 1 is 1.35 bits per heavy atom. The monoisotopic (exact) mass is 357 g/mol. The van der Waals surface area contributed by atoms with Crippen molar-refractivity contribution < 1.29 is 14.1 Å². The SMILES string of the molecule is COC1CCCN(c2ccc(NC(=O)CCc3c(C)noc3C)cc2)C1. The zero-order chi connectivity index (χ0) is 18.5. The van der Waals surface area contributed by atoms with E-state index >= 15 is 0 Å². The molecule has 6 nitrogen and oxygen atoms in total. The summed E-state index contributed by atoms with van der Waals surface area (Å²) < 4.78 is 10.6. The van der Waals surface area contributed by atoms with Crippen molar-refractivity contribution >= 4 is 17.3 Å². The summed E-state index contributed by atoms with van der Waals surface area (Å²) in [6.45, 7) is 5.74. The second-order valence-electron chi connectivity index (χ2n) is 6.84. The lowest BCUT2D eigenvalue weighted by atomic mass is 10.1. The standard InChI is InChI=1S/C20H27N3O3/c1-14-19(15(2)26-22-14)10-11-20(24)21-16-6-8-17(9-7-16)23-12-4-5-18(13-23)25-3/h6-9,18H,4-5,10-13H2,1-3H3,(H,21,24). The first kappa shape index (κ1) is 18.5. The highest BCUT2D eigenvalue weighted by Gasteiger charge is 2.19. The van der Waals surface area contributed by atoms with Crippen LogP contribution in [0.1, 0.15) is 36.3 Å². The average Bonchev–Trinajstić information content (AvgIpc) is 2.98. The van der Waals surface area contributed by atoms with Gasteiger partial charge in [0.1, 0.15) is 5.76 Å². The van der Waals surface area contributed by atoms with Crippen LogP contribution in [0.25, 0.3) is 0 Å². The minimum atomic E-state index is -0.00447. The maximum absolute atomic E-state index is 12.2. The number of benzene rings is 1. The predicted octanol–water partition coefficient (Wildman–Crippen LogP) is 3.48. The number of aromatic nitrogens is 1. The number of nitrogens with zero attached hydrogens (tertiary/aromatic N) is 2. The van der Waals surface area contributed by atoms with Gasteiger partial charge in [-0.05, 0) is 57.4 Å². The summed E-state index contributed by atoms with van der Waals surface area (Å²) in [5, 5.41) is 6.88. The Kier molecular flexibility index (Phi) is 5.93. The van der Waals surface area contributed by atoms with Crippen LogP contribution in [0.2, 0.25) is 0 Å². The molecule has 3 rings (SSSR count). The van der Waals surface area contributed by atoms with E-state index in [1.807, 2.05) is 26.0 Å². The lowest BCUT2D eigenvalue weighted by molar-refractivity contribution is -0.116. The van der Waals surface area contributed by atoms with Gasteiger partial charge in [-0.1, -0.05) is 5.16 Å². The average molecular weight is 357 g/mol. The highest BCUT2D eigenvalue weighted by Crippen LogP contribution is 2.23. The third-order valence-corrected chi connectivity index (χ3v) is 5.01. The molecule has 1 unspecified atom stereocenters. The fourth-order valence-corrected chi connectivity index (χ4v) is 3.44. The van der Waals surface area contributed by atoms with E-state index in [4.69, 9.17) is 9.26 Å². The van der Waals surface area contributed by atoms with Crippen LogP contribution >= 0.6 is 0 Å². The molecule has 0 aliphatic carbocycles. The van der Waals surface area contributed by atoms with Crippen molar-refractivity contribution in [2.45, 2.75) is 45.6 Å². The summed E-state index contributed by atoms with van der Waals surface area (Å²) >= 11 is 0. The lowest BCUT2D eigenvalue weighted by Crippen LogP contribution is -2.39. The molecule has 6 heteroatoms. The van der Waals surface area contributed by atoms with Gasteiger partial charge < -0.3 is 19.5 Å². The quantitative estimate of drug-likeness (QED) is 0.857. The maximum Gasteiger partial charge on any atom is 0.224 e. The van der Waals surface area contributed by atoms with Crippen LogP contribution in [0.15, 0.2) is 28.8 Å². The number of amides is 1. The Hall–Kier alpha value is -2.34. The fraction of sp³-hybridized carbons (Fsp3) is 0.500. The molecule has 2 aromatic rings. The molecule has 2 heterocycles. The Balaban J connectivity index is 1.53. The number of anilines is 2. The van der Waals surface area contributed by atoms with Crippen molar-refractivity contribution in [2.24, 2.45) is 0 Å². The smallest absolute Gasteiger partial charge is 0.224 e. The van der Waals surface area contributed by atoms with Gasteiger partial charge >= 0.3 is 0 Å². The lowest BCUT2D eigenvalue weighted by Gasteiger charge is -2.33. The third-order valence-electron chi connectivity index (χ3n) is 5.01. The summed E-state index contributed by atoms with van der Waals surface area (Å²) in [5.41, 5.74) is 3.86. The van der Waals surface area contributed by atoms with Crippen molar-refractivity contribution in [1.82, 2.24) is 5.16 Å². The molecule has 140 valence electrons. The molecule has 26 heavy (non-hydrogen) atoms. The van der Waals surface area contributed by atoms with E-state index in [9.17, 15) is 4.79 Å². The zero-order valence-electron chi connectivity index (χ0n) is 15.7. The van der Waals surface area contributed by atoms with Gasteiger partial charge in [-0.2, -0.15) is 0 Å². The first-order valence-corrected chi connectivity index (χ1v) is 9.16. The van der Waals surface area contributed by atoms with E-state index in [2.05, 4.69) is 27.5 Å². The van der Waals surface area contributed by atoms with Crippen molar-refractivity contribution in [3.8, 4) is 0 Å². The van der Waals surface area contributed by atoms with Gasteiger partial charge in [0.15, 0.2) is 0 Å². The molecule has 0 radical (unpaired) electrons. The summed E-state index contributed by atoms with van der Waals surface area (Å²) in [6, 6.07) is 8.03. The Bertz CT molecular complexity index is 720. The van der Waals surface area contributed by atoms with Crippen LogP contribution in [-0.2, 0) is 16.0 Å². The molecule has 1 aliphatic rings. The number of carbonyl (C=O) groups is 1. The molecule has 1 aromatic heterocycles. The molecule has 0 bridgehead atoms. The highest BCUT2D eigenvalue weighted by atomic mass is 16.5. The Morgan fingerprint density at radius 2 is 2.12 bits per heavy atom. The number of aryl methyl sites for hydroxylation is 2. The molecular formula is C20H27N3O3. The zero-order valence-corrected chi connectivity index (χ0v) is 15.7. The van der Waals surface area contributed by atoms with E-state index in [0.29, 0.717) is 18.9 Å². The molecule has 1 amide bonds. The second kappa shape index (κ2) is 8.36. The maximum atomic E-state index is 12.2. The van der Waals surface area contributed by atoms with Crippen LogP contribution < -0.4 is 10.2 Å². The van der Waals surface area contributed by atoms with Gasteiger partial charge in [0.2, 0.25) is 5.91 Å². The summed E-state index contributed by atoms with van der Waals surface area (Å²) in [7, 11) is 1.77. The van der Waals surface area contributed by atoms with Crippen LogP contribution in [0.3, 0.4) is 0 Å². The van der Waals surface area contributed by atoms with Gasteiger partial charge in [-0.3, -0.25) is 4.79 Å². The van der Waals surface area contributed by atoms with Gasteiger partial charge in [-0.15, -0.1) is 0 Å². The van der Waals surface area contributed by atoms with E-state index in [1.165, 1.54) is 5.69 Å². The van der Waals surface area contributed by atoms with Crippen molar-refractivity contribution in [3.05, 3.63) is 41.3 Å². The topological polar surface area (TPSA) is 67.6 Å². The van der Waals surface area contributed by atoms with E-state index < -0.39 is 0 Å². The summed E-state index contributed by atoms with van der Waals surface area (Å²) in [5.74, 6) is 0.783. The molecule has 1 aliphatic heterocycles. The van der Waals surface area contributed by atoms with Crippen LogP contribution in [-0.4, -0.2) is 37.4 Å². The molecular weight excluding hydrogens is 330 g/mol. The molecule has 1 aromatic carbocycles. The van der Waals surface area contributed by atoms with Crippen LogP contribution in [0, 0.1) is 13.8 Å². The molecule has 0 spiro atoms. The minimum Gasteiger partial charge on any atom is -0.380 e. The first-order valence-electron chi connectivity index (χ1n) is 9.16. The van der Waals surface area contributed by atoms with E-state index in [1.54, 1.807) is 7.11 Å². The largest absolute Gasteiger partial charge is 0.380 e. The van der Waals surface area contributed by atoms with Crippen molar-refractivity contribution in [1.29, 1.82) is 0 Å². The second-order valence-corrected chi connectivity index (χ2v) is 6.84. The number of carbonyl (C=O) groups excluding carboxylic acids is 1. The number of piperidine rings is 1. The summed E-state index contributed by atoms with van der Waals surface area (Å²) in [4.78, 5) is 14.5. The van der Waals surface area contributed by atoms with Gasteiger partial charge in [0, 0.05) is 43.6 Å². The van der Waals surface area contributed by atoms with E-state index in [-0.39, 0.29) is 5.91 Å². The molecule has 1 N–H and O–H groups in total. The number of rotatable bonds is 6. The van der Waals surface area contributed by atoms with Crippen molar-refractivity contribution in [3.63, 3.8) is 0 Å². The van der Waals surface area contributed by atoms with E-state index in [0.717, 1.165) is 48.6 Å². The first-order chi connectivity index (χ1) is 12.6. The predicted molar refractivity (Wildman–Crippen MR) is 102 cm³/mol. The molecule has 1 fully saturated rings. The molecule has 0 saturated carbocycles. The molecule has 1 saturated heterocycles. The van der Waals surface area contributed by atoms with Crippen LogP contribution in [0.4, 0.5) is 11.4 Å². The number of nitrogens with one attached hydrogen (secondary N) is 1. The Morgan fingerprint density at radius 3 is 2.77 bits per heavy atom. The normalized spacial score (nSPS) is 17.3. The van der Waals surface area contributed by atoms with Gasteiger partial charge in [0.25, 0.3) is 0 Å². The van der Waals surface area contributed by atoms with Crippen LogP contribution in [0.5, 0.6) is 0 Å². The Labute approximate surface area is 154 Å². The molecule has 1 atom stereocenters. The van der Waals surface area contributed by atoms with Gasteiger partial charge in [-0.25, -0.2) is 0 Å². The number of hydrogen-bond donors (Lipinski definition) is 1. The minimum absolute atomic E-state index is 0.00447. The number of hydrogen-bond acceptors (Lipinski definition) is 5. The third kappa shape index (κ3) is 4.43.